The van der Waals surface area contributed by atoms with Gasteiger partial charge in [0, 0.05) is 16.7 Å². The van der Waals surface area contributed by atoms with Gasteiger partial charge in [0.15, 0.2) is 0 Å². The normalized spacial score (nSPS) is 10.9. The summed E-state index contributed by atoms with van der Waals surface area (Å²) >= 11 is 4.21. The van der Waals surface area contributed by atoms with Gasteiger partial charge >= 0.3 is 0 Å². The summed E-state index contributed by atoms with van der Waals surface area (Å²) < 4.78 is 0. The van der Waals surface area contributed by atoms with Crippen molar-refractivity contribution in [2.24, 2.45) is 0 Å². The van der Waals surface area contributed by atoms with Crippen molar-refractivity contribution in [1.82, 2.24) is 0 Å². The van der Waals surface area contributed by atoms with Crippen LogP contribution in [0.5, 0.6) is 0 Å². The van der Waals surface area contributed by atoms with Crippen molar-refractivity contribution in [1.29, 1.82) is 5.26 Å². The van der Waals surface area contributed by atoms with Gasteiger partial charge in [-0.15, -0.1) is 12.6 Å². The molecule has 0 fully saturated rings. The number of thiol groups is 1. The monoisotopic (exact) mass is 191 g/mol. The van der Waals surface area contributed by atoms with Crippen molar-refractivity contribution < 1.29 is 0 Å². The summed E-state index contributed by atoms with van der Waals surface area (Å²) in [6.07, 6.45) is 0.541. The SMILES string of the molecule is CC(C)(CC#N)c1ccc(S)cc1. The van der Waals surface area contributed by atoms with Crippen molar-refractivity contribution >= 4 is 12.6 Å². The number of benzene rings is 1. The van der Waals surface area contributed by atoms with Gasteiger partial charge in [-0.3, -0.25) is 0 Å². The maximum atomic E-state index is 8.65. The van der Waals surface area contributed by atoms with Gasteiger partial charge in [0.25, 0.3) is 0 Å². The van der Waals surface area contributed by atoms with E-state index in [4.69, 9.17) is 5.26 Å². The van der Waals surface area contributed by atoms with Gasteiger partial charge in [-0.1, -0.05) is 26.0 Å². The van der Waals surface area contributed by atoms with Gasteiger partial charge in [-0.2, -0.15) is 5.26 Å². The lowest BCUT2D eigenvalue weighted by atomic mass is 9.82. The second-order valence-corrected chi connectivity index (χ2v) is 4.28. The summed E-state index contributed by atoms with van der Waals surface area (Å²) in [4.78, 5) is 0.955. The van der Waals surface area contributed by atoms with Crippen LogP contribution in [0.4, 0.5) is 0 Å². The molecule has 0 atom stereocenters. The molecule has 1 nitrogen and oxygen atoms in total. The van der Waals surface area contributed by atoms with Crippen LogP contribution in [0.15, 0.2) is 29.2 Å². The fraction of sp³-hybridized carbons (Fsp3) is 0.364. The zero-order valence-corrected chi connectivity index (χ0v) is 8.81. The molecule has 1 aromatic rings. The molecule has 0 spiro atoms. The number of rotatable bonds is 2. The molecular formula is C11H13NS. The van der Waals surface area contributed by atoms with E-state index in [1.165, 1.54) is 5.56 Å². The van der Waals surface area contributed by atoms with E-state index in [-0.39, 0.29) is 5.41 Å². The largest absolute Gasteiger partial charge is 0.198 e. The van der Waals surface area contributed by atoms with E-state index in [1.54, 1.807) is 0 Å². The van der Waals surface area contributed by atoms with Crippen LogP contribution in [0.2, 0.25) is 0 Å². The Morgan fingerprint density at radius 3 is 2.31 bits per heavy atom. The Morgan fingerprint density at radius 2 is 1.85 bits per heavy atom. The summed E-state index contributed by atoms with van der Waals surface area (Å²) in [5.41, 5.74) is 1.13. The molecule has 0 unspecified atom stereocenters. The molecule has 1 aromatic carbocycles. The molecule has 0 aromatic heterocycles. The lowest BCUT2D eigenvalue weighted by Gasteiger charge is -2.21. The van der Waals surface area contributed by atoms with Crippen molar-refractivity contribution in [3.05, 3.63) is 29.8 Å². The summed E-state index contributed by atoms with van der Waals surface area (Å²) in [7, 11) is 0. The van der Waals surface area contributed by atoms with Crippen LogP contribution in [0, 0.1) is 11.3 Å². The Morgan fingerprint density at radius 1 is 1.31 bits per heavy atom. The summed E-state index contributed by atoms with van der Waals surface area (Å²) in [5, 5.41) is 8.65. The van der Waals surface area contributed by atoms with E-state index in [0.717, 1.165) is 4.90 Å². The topological polar surface area (TPSA) is 23.8 Å². The minimum atomic E-state index is -0.0593. The Kier molecular flexibility index (Phi) is 3.00. The molecule has 0 saturated heterocycles. The van der Waals surface area contributed by atoms with Gasteiger partial charge in [0.2, 0.25) is 0 Å². The van der Waals surface area contributed by atoms with Crippen LogP contribution >= 0.6 is 12.6 Å². The van der Waals surface area contributed by atoms with E-state index >= 15 is 0 Å². The molecule has 0 radical (unpaired) electrons. The van der Waals surface area contributed by atoms with Crippen molar-refractivity contribution in [3.8, 4) is 6.07 Å². The smallest absolute Gasteiger partial charge is 0.0630 e. The van der Waals surface area contributed by atoms with Gasteiger partial charge in [0.1, 0.15) is 0 Å². The third-order valence-electron chi connectivity index (χ3n) is 2.17. The fourth-order valence-electron chi connectivity index (χ4n) is 1.21. The minimum Gasteiger partial charge on any atom is -0.198 e. The zero-order valence-electron chi connectivity index (χ0n) is 7.91. The van der Waals surface area contributed by atoms with Crippen molar-refractivity contribution in [2.75, 3.05) is 0 Å². The molecular weight excluding hydrogens is 178 g/mol. The molecule has 2 heteroatoms. The van der Waals surface area contributed by atoms with E-state index < -0.39 is 0 Å². The van der Waals surface area contributed by atoms with Crippen LogP contribution in [-0.4, -0.2) is 0 Å². The molecule has 13 heavy (non-hydrogen) atoms. The van der Waals surface area contributed by atoms with Crippen LogP contribution < -0.4 is 0 Å². The molecule has 0 bridgehead atoms. The molecule has 0 aliphatic rings. The molecule has 68 valence electrons. The molecule has 0 heterocycles. The average Bonchev–Trinajstić information content (AvgIpc) is 2.05. The highest BCUT2D eigenvalue weighted by Gasteiger charge is 2.19. The first-order valence-electron chi connectivity index (χ1n) is 4.23. The Bertz CT molecular complexity index is 319. The van der Waals surface area contributed by atoms with Crippen LogP contribution in [0.25, 0.3) is 0 Å². The van der Waals surface area contributed by atoms with Gasteiger partial charge in [-0.05, 0) is 17.7 Å². The molecule has 0 aliphatic carbocycles. The van der Waals surface area contributed by atoms with Crippen LogP contribution in [0.1, 0.15) is 25.8 Å². The third-order valence-corrected chi connectivity index (χ3v) is 2.47. The molecule has 0 N–H and O–H groups in total. The lowest BCUT2D eigenvalue weighted by molar-refractivity contribution is 0.539. The van der Waals surface area contributed by atoms with E-state index in [1.807, 2.05) is 24.3 Å². The molecule has 0 saturated carbocycles. The molecule has 1 rings (SSSR count). The third kappa shape index (κ3) is 2.50. The maximum absolute atomic E-state index is 8.65. The van der Waals surface area contributed by atoms with Crippen LogP contribution in [0.3, 0.4) is 0 Å². The van der Waals surface area contributed by atoms with Crippen molar-refractivity contribution in [2.45, 2.75) is 30.6 Å². The van der Waals surface area contributed by atoms with Crippen LogP contribution in [-0.2, 0) is 5.41 Å². The summed E-state index contributed by atoms with van der Waals surface area (Å²) in [6, 6.07) is 10.2. The van der Waals surface area contributed by atoms with Gasteiger partial charge < -0.3 is 0 Å². The minimum absolute atomic E-state index is 0.0593. The van der Waals surface area contributed by atoms with E-state index in [9.17, 15) is 0 Å². The number of hydrogen-bond acceptors (Lipinski definition) is 2. The van der Waals surface area contributed by atoms with Crippen molar-refractivity contribution in [3.63, 3.8) is 0 Å². The summed E-state index contributed by atoms with van der Waals surface area (Å²) in [5.74, 6) is 0. The second kappa shape index (κ2) is 3.85. The van der Waals surface area contributed by atoms with E-state index in [0.29, 0.717) is 6.42 Å². The predicted octanol–water partition coefficient (Wildman–Crippen LogP) is 3.17. The predicted molar refractivity (Wildman–Crippen MR) is 57.0 cm³/mol. The highest BCUT2D eigenvalue weighted by atomic mass is 32.1. The number of nitriles is 1. The quantitative estimate of drug-likeness (QED) is 0.713. The Balaban J connectivity index is 2.95. The first-order valence-corrected chi connectivity index (χ1v) is 4.67. The highest BCUT2D eigenvalue weighted by Crippen LogP contribution is 2.26. The second-order valence-electron chi connectivity index (χ2n) is 3.77. The summed E-state index contributed by atoms with van der Waals surface area (Å²) in [6.45, 7) is 4.15. The first-order chi connectivity index (χ1) is 6.06. The lowest BCUT2D eigenvalue weighted by Crippen LogP contribution is -2.15. The standard InChI is InChI=1S/C11H13NS/c1-11(2,7-8-12)9-3-5-10(13)6-4-9/h3-6,13H,7H2,1-2H3. The van der Waals surface area contributed by atoms with Gasteiger partial charge in [-0.25, -0.2) is 0 Å². The van der Waals surface area contributed by atoms with Gasteiger partial charge in [0.05, 0.1) is 6.07 Å². The Hall–Kier alpha value is -0.940. The average molecular weight is 191 g/mol. The Labute approximate surface area is 84.8 Å². The first kappa shape index (κ1) is 10.1. The van der Waals surface area contributed by atoms with E-state index in [2.05, 4.69) is 32.5 Å². The highest BCUT2D eigenvalue weighted by molar-refractivity contribution is 7.80. The number of nitrogens with zero attached hydrogens (tertiary/aromatic N) is 1. The molecule has 0 amide bonds. The fourth-order valence-corrected chi connectivity index (χ4v) is 1.36. The number of hydrogen-bond donors (Lipinski definition) is 1. The zero-order chi connectivity index (χ0) is 9.90. The maximum Gasteiger partial charge on any atom is 0.0630 e. The molecule has 0 aliphatic heterocycles.